The number of ether oxygens (including phenoxy) is 1. The van der Waals surface area contributed by atoms with Crippen molar-refractivity contribution in [3.63, 3.8) is 0 Å². The van der Waals surface area contributed by atoms with Gasteiger partial charge in [0.2, 0.25) is 0 Å². The summed E-state index contributed by atoms with van der Waals surface area (Å²) in [4.78, 5) is 11.5. The van der Waals surface area contributed by atoms with Gasteiger partial charge in [-0.15, -0.1) is 0 Å². The van der Waals surface area contributed by atoms with Crippen molar-refractivity contribution < 1.29 is 9.53 Å². The summed E-state index contributed by atoms with van der Waals surface area (Å²) in [6, 6.07) is 7.71. The summed E-state index contributed by atoms with van der Waals surface area (Å²) in [7, 11) is 0. The van der Waals surface area contributed by atoms with Gasteiger partial charge in [0, 0.05) is 5.02 Å². The van der Waals surface area contributed by atoms with E-state index in [2.05, 4.69) is 6.92 Å². The molecule has 17 heavy (non-hydrogen) atoms. The smallest absolute Gasteiger partial charge is 0.306 e. The molecule has 94 valence electrons. The Kier molecular flexibility index (Phi) is 6.06. The molecule has 0 N–H and O–H groups in total. The van der Waals surface area contributed by atoms with Crippen LogP contribution in [0.3, 0.4) is 0 Å². The molecule has 0 bridgehead atoms. The van der Waals surface area contributed by atoms with Gasteiger partial charge in [-0.25, -0.2) is 0 Å². The standard InChI is InChI=1S/C14H19ClO2/c1-3-5-12(10-14(16)17-4-2)11-6-8-13(15)9-7-11/h6-9,12H,3-5,10H2,1-2H3. The molecule has 1 aromatic carbocycles. The normalized spacial score (nSPS) is 12.2. The van der Waals surface area contributed by atoms with Crippen LogP contribution in [0.15, 0.2) is 24.3 Å². The van der Waals surface area contributed by atoms with Crippen LogP contribution >= 0.6 is 11.6 Å². The Morgan fingerprint density at radius 2 is 1.94 bits per heavy atom. The van der Waals surface area contributed by atoms with Crippen LogP contribution in [0.1, 0.15) is 44.6 Å². The maximum atomic E-state index is 11.5. The molecule has 0 radical (unpaired) electrons. The van der Waals surface area contributed by atoms with Gasteiger partial charge in [0.05, 0.1) is 13.0 Å². The minimum atomic E-state index is -0.124. The number of halogens is 1. The van der Waals surface area contributed by atoms with Crippen LogP contribution in [-0.2, 0) is 9.53 Å². The van der Waals surface area contributed by atoms with Crippen LogP contribution in [0.5, 0.6) is 0 Å². The topological polar surface area (TPSA) is 26.3 Å². The van der Waals surface area contributed by atoms with Gasteiger partial charge >= 0.3 is 5.97 Å². The van der Waals surface area contributed by atoms with Crippen molar-refractivity contribution in [1.82, 2.24) is 0 Å². The van der Waals surface area contributed by atoms with Crippen molar-refractivity contribution in [3.8, 4) is 0 Å². The monoisotopic (exact) mass is 254 g/mol. The largest absolute Gasteiger partial charge is 0.466 e. The number of hydrogen-bond acceptors (Lipinski definition) is 2. The number of carbonyl (C=O) groups is 1. The van der Waals surface area contributed by atoms with Crippen molar-refractivity contribution in [3.05, 3.63) is 34.9 Å². The van der Waals surface area contributed by atoms with Crippen molar-refractivity contribution in [2.45, 2.75) is 39.0 Å². The molecule has 0 aliphatic rings. The fraction of sp³-hybridized carbons (Fsp3) is 0.500. The second-order valence-electron chi connectivity index (χ2n) is 4.05. The highest BCUT2D eigenvalue weighted by atomic mass is 35.5. The van der Waals surface area contributed by atoms with Gasteiger partial charge in [-0.1, -0.05) is 37.1 Å². The molecule has 0 fully saturated rings. The van der Waals surface area contributed by atoms with Crippen LogP contribution < -0.4 is 0 Å². The highest BCUT2D eigenvalue weighted by molar-refractivity contribution is 6.30. The first kappa shape index (κ1) is 14.0. The lowest BCUT2D eigenvalue weighted by Crippen LogP contribution is -2.10. The minimum Gasteiger partial charge on any atom is -0.466 e. The summed E-state index contributed by atoms with van der Waals surface area (Å²) in [6.45, 7) is 4.39. The van der Waals surface area contributed by atoms with Gasteiger partial charge < -0.3 is 4.74 Å². The first-order valence-electron chi connectivity index (χ1n) is 6.08. The highest BCUT2D eigenvalue weighted by Crippen LogP contribution is 2.26. The zero-order valence-electron chi connectivity index (χ0n) is 10.4. The maximum absolute atomic E-state index is 11.5. The molecule has 2 nitrogen and oxygen atoms in total. The second-order valence-corrected chi connectivity index (χ2v) is 4.48. The first-order valence-corrected chi connectivity index (χ1v) is 6.46. The van der Waals surface area contributed by atoms with E-state index in [1.807, 2.05) is 31.2 Å². The van der Waals surface area contributed by atoms with Gasteiger partial charge in [-0.2, -0.15) is 0 Å². The summed E-state index contributed by atoms with van der Waals surface area (Å²) >= 11 is 5.86. The Morgan fingerprint density at radius 3 is 2.47 bits per heavy atom. The third kappa shape index (κ3) is 4.78. The van der Waals surface area contributed by atoms with Gasteiger partial charge in [-0.3, -0.25) is 4.79 Å². The Labute approximate surface area is 108 Å². The molecule has 0 heterocycles. The van der Waals surface area contributed by atoms with E-state index < -0.39 is 0 Å². The summed E-state index contributed by atoms with van der Waals surface area (Å²) in [5.74, 6) is 0.109. The molecule has 0 aliphatic heterocycles. The van der Waals surface area contributed by atoms with Crippen molar-refractivity contribution in [1.29, 1.82) is 0 Å². The van der Waals surface area contributed by atoms with Gasteiger partial charge in [0.1, 0.15) is 0 Å². The summed E-state index contributed by atoms with van der Waals surface area (Å²) in [5.41, 5.74) is 1.16. The summed E-state index contributed by atoms with van der Waals surface area (Å²) in [6.07, 6.45) is 2.48. The zero-order valence-corrected chi connectivity index (χ0v) is 11.2. The summed E-state index contributed by atoms with van der Waals surface area (Å²) in [5, 5.41) is 0.722. The van der Waals surface area contributed by atoms with Gasteiger partial charge in [-0.05, 0) is 37.0 Å². The molecule has 1 atom stereocenters. The third-order valence-corrected chi connectivity index (χ3v) is 2.95. The van der Waals surface area contributed by atoms with E-state index in [1.165, 1.54) is 0 Å². The molecular formula is C14H19ClO2. The fourth-order valence-electron chi connectivity index (χ4n) is 1.89. The molecule has 0 aromatic heterocycles. The molecule has 0 saturated heterocycles. The Morgan fingerprint density at radius 1 is 1.29 bits per heavy atom. The lowest BCUT2D eigenvalue weighted by molar-refractivity contribution is -0.143. The van der Waals surface area contributed by atoms with E-state index in [0.29, 0.717) is 13.0 Å². The SMILES string of the molecule is CCCC(CC(=O)OCC)c1ccc(Cl)cc1. The Hall–Kier alpha value is -1.02. The minimum absolute atomic E-state index is 0.124. The maximum Gasteiger partial charge on any atom is 0.306 e. The molecule has 0 amide bonds. The number of carbonyl (C=O) groups excluding carboxylic acids is 1. The summed E-state index contributed by atoms with van der Waals surface area (Å²) < 4.78 is 5.00. The quantitative estimate of drug-likeness (QED) is 0.712. The average Bonchev–Trinajstić information content (AvgIpc) is 2.30. The number of hydrogen-bond donors (Lipinski definition) is 0. The fourth-order valence-corrected chi connectivity index (χ4v) is 2.02. The van der Waals surface area contributed by atoms with E-state index in [-0.39, 0.29) is 11.9 Å². The van der Waals surface area contributed by atoms with Crippen LogP contribution in [0, 0.1) is 0 Å². The molecule has 0 spiro atoms. The van der Waals surface area contributed by atoms with E-state index in [1.54, 1.807) is 0 Å². The van der Waals surface area contributed by atoms with E-state index >= 15 is 0 Å². The molecule has 0 saturated carbocycles. The molecule has 0 aliphatic carbocycles. The lowest BCUT2D eigenvalue weighted by Gasteiger charge is -2.15. The van der Waals surface area contributed by atoms with Crippen LogP contribution in [0.4, 0.5) is 0 Å². The van der Waals surface area contributed by atoms with E-state index in [0.717, 1.165) is 23.4 Å². The predicted octanol–water partition coefficient (Wildman–Crippen LogP) is 4.18. The lowest BCUT2D eigenvalue weighted by atomic mass is 9.91. The van der Waals surface area contributed by atoms with Crippen LogP contribution in [0.25, 0.3) is 0 Å². The average molecular weight is 255 g/mol. The first-order chi connectivity index (χ1) is 8.17. The number of rotatable bonds is 6. The molecular weight excluding hydrogens is 236 g/mol. The van der Waals surface area contributed by atoms with Crippen LogP contribution in [-0.4, -0.2) is 12.6 Å². The predicted molar refractivity (Wildman–Crippen MR) is 70.4 cm³/mol. The van der Waals surface area contributed by atoms with E-state index in [9.17, 15) is 4.79 Å². The van der Waals surface area contributed by atoms with Crippen LogP contribution in [0.2, 0.25) is 5.02 Å². The number of esters is 1. The van der Waals surface area contributed by atoms with Crippen molar-refractivity contribution >= 4 is 17.6 Å². The highest BCUT2D eigenvalue weighted by Gasteiger charge is 2.15. The second kappa shape index (κ2) is 7.33. The zero-order chi connectivity index (χ0) is 12.7. The molecule has 1 rings (SSSR count). The molecule has 3 heteroatoms. The number of benzene rings is 1. The van der Waals surface area contributed by atoms with Gasteiger partial charge in [0.15, 0.2) is 0 Å². The van der Waals surface area contributed by atoms with E-state index in [4.69, 9.17) is 16.3 Å². The molecule has 1 unspecified atom stereocenters. The molecule has 1 aromatic rings. The van der Waals surface area contributed by atoms with Crippen molar-refractivity contribution in [2.75, 3.05) is 6.61 Å². The third-order valence-electron chi connectivity index (χ3n) is 2.70. The Balaban J connectivity index is 2.71. The van der Waals surface area contributed by atoms with Gasteiger partial charge in [0.25, 0.3) is 0 Å². The van der Waals surface area contributed by atoms with Crippen molar-refractivity contribution in [2.24, 2.45) is 0 Å². The Bertz CT molecular complexity index is 346.